The molecule has 96 valence electrons. The molecular weight excluding hydrogens is 216 g/mol. The van der Waals surface area contributed by atoms with Gasteiger partial charge in [-0.05, 0) is 11.8 Å². The summed E-state index contributed by atoms with van der Waals surface area (Å²) in [6.45, 7) is 11.6. The van der Waals surface area contributed by atoms with Crippen molar-refractivity contribution >= 4 is 0 Å². The van der Waals surface area contributed by atoms with E-state index in [1.807, 2.05) is 0 Å². The standard InChI is InChI=1S/C13H22N2O2/c1-8(2)10-5-16-12-13-15(7-14(10)12)11(6-17-13)9(3)4/h8-11H,5-7H2,1-4H3/t10-,11-/m1/s1. The quantitative estimate of drug-likeness (QED) is 0.732. The topological polar surface area (TPSA) is 24.9 Å². The average molecular weight is 238 g/mol. The second-order valence-corrected chi connectivity index (χ2v) is 5.94. The molecule has 17 heavy (non-hydrogen) atoms. The molecular formula is C13H22N2O2. The molecule has 0 amide bonds. The van der Waals surface area contributed by atoms with Crippen LogP contribution < -0.4 is 0 Å². The van der Waals surface area contributed by atoms with E-state index < -0.39 is 0 Å². The van der Waals surface area contributed by atoms with Gasteiger partial charge in [0.1, 0.15) is 13.2 Å². The summed E-state index contributed by atoms with van der Waals surface area (Å²) in [6.07, 6.45) is 0. The number of fused-ring (bicyclic) bond motifs is 2. The molecule has 0 spiro atoms. The van der Waals surface area contributed by atoms with E-state index >= 15 is 0 Å². The van der Waals surface area contributed by atoms with Gasteiger partial charge in [-0.3, -0.25) is 0 Å². The maximum absolute atomic E-state index is 5.83. The first-order chi connectivity index (χ1) is 8.09. The summed E-state index contributed by atoms with van der Waals surface area (Å²) in [4.78, 5) is 4.74. The van der Waals surface area contributed by atoms with Gasteiger partial charge in [-0.15, -0.1) is 0 Å². The maximum Gasteiger partial charge on any atom is 0.253 e. The third-order valence-corrected chi connectivity index (χ3v) is 4.13. The number of hydrogen-bond donors (Lipinski definition) is 0. The van der Waals surface area contributed by atoms with Crippen molar-refractivity contribution in [2.45, 2.75) is 39.8 Å². The van der Waals surface area contributed by atoms with Crippen LogP contribution in [0.1, 0.15) is 27.7 Å². The fraction of sp³-hybridized carbons (Fsp3) is 0.846. The van der Waals surface area contributed by atoms with Crippen LogP contribution in [0.3, 0.4) is 0 Å². The highest BCUT2D eigenvalue weighted by molar-refractivity contribution is 5.16. The lowest BCUT2D eigenvalue weighted by molar-refractivity contribution is 0.154. The molecule has 3 rings (SSSR count). The highest BCUT2D eigenvalue weighted by atomic mass is 16.6. The van der Waals surface area contributed by atoms with Crippen molar-refractivity contribution in [1.29, 1.82) is 0 Å². The predicted octanol–water partition coefficient (Wildman–Crippen LogP) is 1.80. The Morgan fingerprint density at radius 3 is 1.65 bits per heavy atom. The van der Waals surface area contributed by atoms with Gasteiger partial charge < -0.3 is 19.3 Å². The third kappa shape index (κ3) is 1.49. The summed E-state index contributed by atoms with van der Waals surface area (Å²) < 4.78 is 11.7. The molecule has 0 bridgehead atoms. The van der Waals surface area contributed by atoms with E-state index in [-0.39, 0.29) is 0 Å². The SMILES string of the molecule is CC(C)[C@H]1COC2=C3OC[C@H](C(C)C)N3CN21. The van der Waals surface area contributed by atoms with Gasteiger partial charge in [-0.25, -0.2) is 0 Å². The summed E-state index contributed by atoms with van der Waals surface area (Å²) in [5.74, 6) is 3.19. The second kappa shape index (κ2) is 3.72. The summed E-state index contributed by atoms with van der Waals surface area (Å²) >= 11 is 0. The normalized spacial score (nSPS) is 31.2. The lowest BCUT2D eigenvalue weighted by Gasteiger charge is -2.29. The zero-order chi connectivity index (χ0) is 12.2. The van der Waals surface area contributed by atoms with Gasteiger partial charge in [-0.2, -0.15) is 0 Å². The van der Waals surface area contributed by atoms with Crippen molar-refractivity contribution in [3.05, 3.63) is 11.8 Å². The smallest absolute Gasteiger partial charge is 0.253 e. The van der Waals surface area contributed by atoms with Gasteiger partial charge in [0.15, 0.2) is 0 Å². The van der Waals surface area contributed by atoms with Crippen molar-refractivity contribution < 1.29 is 9.47 Å². The van der Waals surface area contributed by atoms with Crippen LogP contribution in [0.25, 0.3) is 0 Å². The Balaban J connectivity index is 1.85. The summed E-state index contributed by atoms with van der Waals surface area (Å²) in [6, 6.07) is 0.999. The fourth-order valence-corrected chi connectivity index (χ4v) is 2.95. The van der Waals surface area contributed by atoms with E-state index in [0.717, 1.165) is 31.6 Å². The molecule has 2 saturated heterocycles. The van der Waals surface area contributed by atoms with Crippen molar-refractivity contribution in [2.24, 2.45) is 11.8 Å². The summed E-state index contributed by atoms with van der Waals surface area (Å²) in [5, 5.41) is 0. The molecule has 0 aromatic carbocycles. The lowest BCUT2D eigenvalue weighted by Crippen LogP contribution is -2.41. The minimum Gasteiger partial charge on any atom is -0.473 e. The van der Waals surface area contributed by atoms with E-state index in [1.165, 1.54) is 0 Å². The molecule has 0 unspecified atom stereocenters. The number of nitrogens with zero attached hydrogens (tertiary/aromatic N) is 2. The minimum absolute atomic E-state index is 0.500. The van der Waals surface area contributed by atoms with E-state index in [0.29, 0.717) is 23.9 Å². The van der Waals surface area contributed by atoms with Gasteiger partial charge in [-0.1, -0.05) is 27.7 Å². The van der Waals surface area contributed by atoms with Crippen molar-refractivity contribution in [3.8, 4) is 0 Å². The van der Waals surface area contributed by atoms with E-state index in [4.69, 9.17) is 9.47 Å². The van der Waals surface area contributed by atoms with Crippen LogP contribution in [0.5, 0.6) is 0 Å². The Hall–Kier alpha value is -1.06. The number of ether oxygens (including phenoxy) is 2. The molecule has 3 heterocycles. The molecule has 0 aromatic rings. The second-order valence-electron chi connectivity index (χ2n) is 5.94. The molecule has 4 nitrogen and oxygen atoms in total. The summed E-state index contributed by atoms with van der Waals surface area (Å²) in [5.41, 5.74) is 0. The Morgan fingerprint density at radius 2 is 1.29 bits per heavy atom. The molecule has 3 aliphatic rings. The van der Waals surface area contributed by atoms with Crippen LogP contribution in [-0.2, 0) is 9.47 Å². The van der Waals surface area contributed by atoms with Crippen LogP contribution in [0.2, 0.25) is 0 Å². The molecule has 2 fully saturated rings. The first-order valence-electron chi connectivity index (χ1n) is 6.62. The molecule has 0 saturated carbocycles. The zero-order valence-corrected chi connectivity index (χ0v) is 11.1. The summed E-state index contributed by atoms with van der Waals surface area (Å²) in [7, 11) is 0. The Kier molecular flexibility index (Phi) is 2.42. The van der Waals surface area contributed by atoms with Crippen LogP contribution in [0.4, 0.5) is 0 Å². The predicted molar refractivity (Wildman–Crippen MR) is 64.7 cm³/mol. The molecule has 2 atom stereocenters. The van der Waals surface area contributed by atoms with Gasteiger partial charge >= 0.3 is 0 Å². The molecule has 3 aliphatic heterocycles. The highest BCUT2D eigenvalue weighted by Crippen LogP contribution is 2.40. The van der Waals surface area contributed by atoms with E-state index in [1.54, 1.807) is 0 Å². The van der Waals surface area contributed by atoms with Gasteiger partial charge in [0.2, 0.25) is 0 Å². The largest absolute Gasteiger partial charge is 0.473 e. The zero-order valence-electron chi connectivity index (χ0n) is 11.1. The van der Waals surface area contributed by atoms with Crippen LogP contribution >= 0.6 is 0 Å². The molecule has 4 heteroatoms. The van der Waals surface area contributed by atoms with Crippen molar-refractivity contribution in [1.82, 2.24) is 9.80 Å². The van der Waals surface area contributed by atoms with Gasteiger partial charge in [0, 0.05) is 0 Å². The minimum atomic E-state index is 0.500. The molecule has 0 radical (unpaired) electrons. The van der Waals surface area contributed by atoms with Crippen LogP contribution in [0, 0.1) is 11.8 Å². The number of hydrogen-bond acceptors (Lipinski definition) is 4. The Bertz CT molecular complexity index is 319. The highest BCUT2D eigenvalue weighted by Gasteiger charge is 2.48. The van der Waals surface area contributed by atoms with E-state index in [2.05, 4.69) is 37.5 Å². The van der Waals surface area contributed by atoms with Crippen molar-refractivity contribution in [3.63, 3.8) is 0 Å². The number of rotatable bonds is 2. The first kappa shape index (κ1) is 11.1. The fourth-order valence-electron chi connectivity index (χ4n) is 2.95. The third-order valence-electron chi connectivity index (χ3n) is 4.13. The maximum atomic E-state index is 5.83. The first-order valence-corrected chi connectivity index (χ1v) is 6.62. The van der Waals surface area contributed by atoms with E-state index in [9.17, 15) is 0 Å². The van der Waals surface area contributed by atoms with Crippen LogP contribution in [-0.4, -0.2) is 41.8 Å². The van der Waals surface area contributed by atoms with Gasteiger partial charge in [0.25, 0.3) is 11.8 Å². The molecule has 0 N–H and O–H groups in total. The average Bonchev–Trinajstić information content (AvgIpc) is 2.84. The lowest BCUT2D eigenvalue weighted by atomic mass is 10.0. The van der Waals surface area contributed by atoms with Gasteiger partial charge in [0.05, 0.1) is 18.8 Å². The van der Waals surface area contributed by atoms with Crippen LogP contribution in [0.15, 0.2) is 11.8 Å². The van der Waals surface area contributed by atoms with Crippen molar-refractivity contribution in [2.75, 3.05) is 19.9 Å². The monoisotopic (exact) mass is 238 g/mol. The molecule has 0 aromatic heterocycles. The molecule has 0 aliphatic carbocycles. The Morgan fingerprint density at radius 1 is 0.882 bits per heavy atom. The Labute approximate surface area is 103 Å².